The van der Waals surface area contributed by atoms with E-state index in [2.05, 4.69) is 17.5 Å². The summed E-state index contributed by atoms with van der Waals surface area (Å²) in [5, 5.41) is 12.0. The van der Waals surface area contributed by atoms with Crippen molar-refractivity contribution in [3.8, 4) is 0 Å². The molecule has 3 rings (SSSR count). The summed E-state index contributed by atoms with van der Waals surface area (Å²) in [5.74, 6) is 1.15. The number of unbranched alkanes of at least 4 members (excludes halogenated alkanes) is 1. The van der Waals surface area contributed by atoms with Crippen LogP contribution in [0.4, 0.5) is 0 Å². The van der Waals surface area contributed by atoms with E-state index < -0.39 is 5.97 Å². The Labute approximate surface area is 149 Å². The van der Waals surface area contributed by atoms with E-state index in [4.69, 9.17) is 5.11 Å². The maximum Gasteiger partial charge on any atom is 0.303 e. The van der Waals surface area contributed by atoms with Crippen LogP contribution < -0.4 is 5.32 Å². The summed E-state index contributed by atoms with van der Waals surface area (Å²) in [6.45, 7) is 0. The molecule has 4 heteroatoms. The third-order valence-corrected chi connectivity index (χ3v) is 5.76. The highest BCUT2D eigenvalue weighted by Crippen LogP contribution is 2.50. The number of hydrogen-bond acceptors (Lipinski definition) is 2. The Balaban J connectivity index is 1.54. The molecule has 2 aliphatic carbocycles. The first-order chi connectivity index (χ1) is 12.1. The van der Waals surface area contributed by atoms with Crippen LogP contribution in [0.15, 0.2) is 42.5 Å². The van der Waals surface area contributed by atoms with Crippen molar-refractivity contribution in [3.63, 3.8) is 0 Å². The molecule has 25 heavy (non-hydrogen) atoms. The first-order valence-corrected chi connectivity index (χ1v) is 9.38. The van der Waals surface area contributed by atoms with Crippen LogP contribution in [0.2, 0.25) is 0 Å². The van der Waals surface area contributed by atoms with E-state index in [1.54, 1.807) is 0 Å². The van der Waals surface area contributed by atoms with Crippen LogP contribution in [-0.2, 0) is 4.79 Å². The lowest BCUT2D eigenvalue weighted by atomic mass is 9.82. The van der Waals surface area contributed by atoms with Gasteiger partial charge in [-0.15, -0.1) is 0 Å². The van der Waals surface area contributed by atoms with E-state index in [1.807, 2.05) is 30.3 Å². The molecular formula is C21H27NO3. The summed E-state index contributed by atoms with van der Waals surface area (Å²) in [5.41, 5.74) is 0.730. The van der Waals surface area contributed by atoms with E-state index in [0.29, 0.717) is 18.3 Å². The second-order valence-electron chi connectivity index (χ2n) is 7.36. The number of fused-ring (bicyclic) bond motifs is 2. The fourth-order valence-electron chi connectivity index (χ4n) is 4.54. The van der Waals surface area contributed by atoms with E-state index in [9.17, 15) is 9.59 Å². The number of nitrogens with one attached hydrogen (secondary N) is 1. The maximum atomic E-state index is 12.5. The van der Waals surface area contributed by atoms with Gasteiger partial charge in [0, 0.05) is 18.0 Å². The number of benzene rings is 1. The van der Waals surface area contributed by atoms with E-state index in [-0.39, 0.29) is 18.4 Å². The number of carboxylic acid groups (broad SMARTS) is 1. The Bertz CT molecular complexity index is 625. The highest BCUT2D eigenvalue weighted by molar-refractivity contribution is 5.94. The zero-order valence-electron chi connectivity index (χ0n) is 14.6. The standard InChI is InChI=1S/C21H27NO3/c23-19(24)11-7-2-1-6-10-18-16-12-13-17(14-16)20(18)22-21(25)15-8-4-3-5-9-15/h1,3-6,8-9,16-18,20H,2,7,10-14H2,(H,22,25)(H,23,24)/b6-1-/t16-,17?,18+,20+/m1/s1. The van der Waals surface area contributed by atoms with Gasteiger partial charge >= 0.3 is 5.97 Å². The van der Waals surface area contributed by atoms with Gasteiger partial charge in [0.15, 0.2) is 0 Å². The van der Waals surface area contributed by atoms with Crippen molar-refractivity contribution in [2.75, 3.05) is 0 Å². The number of aliphatic carboxylic acids is 1. The Kier molecular flexibility index (Phi) is 5.90. The maximum absolute atomic E-state index is 12.5. The molecule has 0 heterocycles. The van der Waals surface area contributed by atoms with Crippen LogP contribution in [0, 0.1) is 17.8 Å². The van der Waals surface area contributed by atoms with E-state index in [1.165, 1.54) is 19.3 Å². The number of carbonyl (C=O) groups is 2. The lowest BCUT2D eigenvalue weighted by Gasteiger charge is -2.31. The Hall–Kier alpha value is -2.10. The van der Waals surface area contributed by atoms with Crippen LogP contribution >= 0.6 is 0 Å². The van der Waals surface area contributed by atoms with Gasteiger partial charge < -0.3 is 10.4 Å². The Morgan fingerprint density at radius 2 is 1.88 bits per heavy atom. The summed E-state index contributed by atoms with van der Waals surface area (Å²) >= 11 is 0. The third kappa shape index (κ3) is 4.50. The number of amides is 1. The fraction of sp³-hybridized carbons (Fsp3) is 0.524. The number of rotatable bonds is 8. The van der Waals surface area contributed by atoms with E-state index in [0.717, 1.165) is 24.3 Å². The van der Waals surface area contributed by atoms with Crippen molar-refractivity contribution in [2.45, 2.75) is 51.0 Å². The topological polar surface area (TPSA) is 66.4 Å². The number of carboxylic acids is 1. The molecule has 0 aliphatic heterocycles. The van der Waals surface area contributed by atoms with Gasteiger partial charge in [-0.3, -0.25) is 9.59 Å². The molecule has 2 saturated carbocycles. The fourth-order valence-corrected chi connectivity index (χ4v) is 4.54. The summed E-state index contributed by atoms with van der Waals surface area (Å²) in [4.78, 5) is 23.0. The van der Waals surface area contributed by atoms with Gasteiger partial charge in [0.05, 0.1) is 0 Å². The molecule has 0 aromatic heterocycles. The van der Waals surface area contributed by atoms with Gasteiger partial charge in [0.25, 0.3) is 5.91 Å². The molecule has 134 valence electrons. The van der Waals surface area contributed by atoms with Gasteiger partial charge in [0.1, 0.15) is 0 Å². The molecule has 0 saturated heterocycles. The van der Waals surface area contributed by atoms with Crippen molar-refractivity contribution >= 4 is 11.9 Å². The molecule has 2 N–H and O–H groups in total. The smallest absolute Gasteiger partial charge is 0.303 e. The molecule has 1 unspecified atom stereocenters. The average molecular weight is 341 g/mol. The second kappa shape index (κ2) is 8.32. The van der Waals surface area contributed by atoms with Crippen LogP contribution in [0.3, 0.4) is 0 Å². The van der Waals surface area contributed by atoms with Crippen molar-refractivity contribution in [2.24, 2.45) is 17.8 Å². The van der Waals surface area contributed by atoms with Crippen molar-refractivity contribution in [1.82, 2.24) is 5.32 Å². The van der Waals surface area contributed by atoms with Crippen LogP contribution in [0.1, 0.15) is 55.3 Å². The minimum absolute atomic E-state index is 0.0357. The molecule has 1 aromatic rings. The second-order valence-corrected chi connectivity index (χ2v) is 7.36. The van der Waals surface area contributed by atoms with Crippen molar-refractivity contribution < 1.29 is 14.7 Å². The average Bonchev–Trinajstić information content (AvgIpc) is 3.21. The normalized spacial score (nSPS) is 27.7. The molecule has 2 aliphatic rings. The molecule has 4 atom stereocenters. The third-order valence-electron chi connectivity index (χ3n) is 5.76. The SMILES string of the molecule is O=C(O)CCC/C=C\C[C@H]1[C@@H]2CCC(C2)[C@@H]1NC(=O)c1ccccc1. The lowest BCUT2D eigenvalue weighted by molar-refractivity contribution is -0.137. The minimum Gasteiger partial charge on any atom is -0.481 e. The monoisotopic (exact) mass is 341 g/mol. The molecule has 1 aromatic carbocycles. The van der Waals surface area contributed by atoms with Gasteiger partial charge in [-0.05, 0) is 68.4 Å². The quantitative estimate of drug-likeness (QED) is 0.554. The molecule has 0 spiro atoms. The first-order valence-electron chi connectivity index (χ1n) is 9.38. The summed E-state index contributed by atoms with van der Waals surface area (Å²) in [7, 11) is 0. The minimum atomic E-state index is -0.731. The Morgan fingerprint density at radius 3 is 2.64 bits per heavy atom. The number of hydrogen-bond donors (Lipinski definition) is 2. The van der Waals surface area contributed by atoms with Crippen molar-refractivity contribution in [1.29, 1.82) is 0 Å². The first kappa shape index (κ1) is 17.7. The van der Waals surface area contributed by atoms with Gasteiger partial charge in [-0.2, -0.15) is 0 Å². The van der Waals surface area contributed by atoms with Gasteiger partial charge in [-0.1, -0.05) is 30.4 Å². The number of carbonyl (C=O) groups excluding carboxylic acids is 1. The largest absolute Gasteiger partial charge is 0.481 e. The molecule has 4 nitrogen and oxygen atoms in total. The van der Waals surface area contributed by atoms with Crippen LogP contribution in [0.5, 0.6) is 0 Å². The summed E-state index contributed by atoms with van der Waals surface area (Å²) < 4.78 is 0. The summed E-state index contributed by atoms with van der Waals surface area (Å²) in [6, 6.07) is 9.71. The Morgan fingerprint density at radius 1 is 1.12 bits per heavy atom. The van der Waals surface area contributed by atoms with Crippen LogP contribution in [-0.4, -0.2) is 23.0 Å². The zero-order chi connectivity index (χ0) is 17.6. The van der Waals surface area contributed by atoms with Gasteiger partial charge in [-0.25, -0.2) is 0 Å². The highest BCUT2D eigenvalue weighted by Gasteiger charge is 2.47. The highest BCUT2D eigenvalue weighted by atomic mass is 16.4. The summed E-state index contributed by atoms with van der Waals surface area (Å²) in [6.07, 6.45) is 10.7. The van der Waals surface area contributed by atoms with Crippen molar-refractivity contribution in [3.05, 3.63) is 48.0 Å². The predicted octanol–water partition coefficient (Wildman–Crippen LogP) is 4.03. The molecule has 0 radical (unpaired) electrons. The predicted molar refractivity (Wildman–Crippen MR) is 97.3 cm³/mol. The lowest BCUT2D eigenvalue weighted by Crippen LogP contribution is -2.43. The number of allylic oxidation sites excluding steroid dienone is 2. The molecule has 2 fully saturated rings. The molecule has 2 bridgehead atoms. The molecular weight excluding hydrogens is 314 g/mol. The zero-order valence-corrected chi connectivity index (χ0v) is 14.6. The van der Waals surface area contributed by atoms with Gasteiger partial charge in [0.2, 0.25) is 0 Å². The van der Waals surface area contributed by atoms with Crippen LogP contribution in [0.25, 0.3) is 0 Å². The van der Waals surface area contributed by atoms with E-state index >= 15 is 0 Å². The molecule has 1 amide bonds.